The summed E-state index contributed by atoms with van der Waals surface area (Å²) in [5, 5.41) is -0.0169. The van der Waals surface area contributed by atoms with Crippen LogP contribution in [0.3, 0.4) is 0 Å². The minimum atomic E-state index is -0.626. The second-order valence-corrected chi connectivity index (χ2v) is 4.02. The number of nitrogens with one attached hydrogen (secondary N) is 1. The van der Waals surface area contributed by atoms with E-state index in [9.17, 15) is 4.39 Å². The van der Waals surface area contributed by atoms with E-state index < -0.39 is 5.82 Å². The van der Waals surface area contributed by atoms with Gasteiger partial charge < -0.3 is 11.2 Å². The second-order valence-electron chi connectivity index (χ2n) is 3.61. The summed E-state index contributed by atoms with van der Waals surface area (Å²) in [7, 11) is 0. The number of nitrogens with zero attached hydrogens (tertiary/aromatic N) is 2. The Balaban J connectivity index is 2.51. The van der Waals surface area contributed by atoms with Gasteiger partial charge in [-0.15, -0.1) is 0 Å². The molecule has 1 aromatic heterocycles. The molecule has 2 rings (SSSR count). The quantitative estimate of drug-likeness (QED) is 0.339. The minimum Gasteiger partial charge on any atom is -0.383 e. The Morgan fingerprint density at radius 1 is 1.32 bits per heavy atom. The maximum atomic E-state index is 13.8. The van der Waals surface area contributed by atoms with E-state index in [1.807, 2.05) is 0 Å². The Morgan fingerprint density at radius 2 is 2.11 bits per heavy atom. The van der Waals surface area contributed by atoms with E-state index in [4.69, 9.17) is 23.2 Å². The first-order chi connectivity index (χ1) is 9.13. The zero-order valence-corrected chi connectivity index (χ0v) is 10.5. The number of hydrogen-bond acceptors (Lipinski definition) is 4. The fourth-order valence-electron chi connectivity index (χ4n) is 1.49. The zero-order chi connectivity index (χ0) is 13.8. The predicted octanol–water partition coefficient (Wildman–Crippen LogP) is 2.00. The molecule has 5 nitrogen and oxygen atoms in total. The van der Waals surface area contributed by atoms with Crippen LogP contribution >= 0.6 is 11.6 Å². The highest BCUT2D eigenvalue weighted by atomic mass is 35.5. The number of aliphatic imine (C=N–C) groups is 1. The maximum Gasteiger partial charge on any atom is 0.167 e. The van der Waals surface area contributed by atoms with Crippen molar-refractivity contribution in [1.29, 1.82) is 0 Å². The molecule has 0 aliphatic carbocycles. The van der Waals surface area contributed by atoms with Crippen LogP contribution in [0, 0.1) is 5.82 Å². The van der Waals surface area contributed by atoms with E-state index in [0.29, 0.717) is 5.56 Å². The fraction of sp³-hybridized carbons (Fsp3) is 0. The smallest absolute Gasteiger partial charge is 0.167 e. The van der Waals surface area contributed by atoms with Crippen molar-refractivity contribution < 1.29 is 4.39 Å². The maximum absolute atomic E-state index is 13.8. The number of anilines is 1. The Labute approximate surface area is 114 Å². The third-order valence-electron chi connectivity index (χ3n) is 2.39. The summed E-state index contributed by atoms with van der Waals surface area (Å²) in [6.07, 6.45) is 1.53. The van der Waals surface area contributed by atoms with Crippen LogP contribution in [0.25, 0.3) is 0 Å². The van der Waals surface area contributed by atoms with Gasteiger partial charge in [-0.3, -0.25) is 0 Å². The van der Waals surface area contributed by atoms with Gasteiger partial charge in [0.15, 0.2) is 11.7 Å². The lowest BCUT2D eigenvalue weighted by atomic mass is 10.2. The molecule has 0 radical (unpaired) electrons. The lowest BCUT2D eigenvalue weighted by molar-refractivity contribution is 0.630. The molecular formula is C12H11ClFN5. The molecule has 0 atom stereocenters. The lowest BCUT2D eigenvalue weighted by Crippen LogP contribution is -2.31. The average Bonchev–Trinajstić information content (AvgIpc) is 2.41. The zero-order valence-electron chi connectivity index (χ0n) is 9.77. The van der Waals surface area contributed by atoms with Crippen LogP contribution in [0.2, 0.25) is 5.02 Å². The number of aromatic nitrogens is 1. The number of hydrazine groups is 1. The third-order valence-corrected chi connectivity index (χ3v) is 2.69. The summed E-state index contributed by atoms with van der Waals surface area (Å²) >= 11 is 5.68. The van der Waals surface area contributed by atoms with Crippen LogP contribution in [-0.4, -0.2) is 10.8 Å². The number of benzene rings is 1. The summed E-state index contributed by atoms with van der Waals surface area (Å²) in [6.45, 7) is 0. The summed E-state index contributed by atoms with van der Waals surface area (Å²) in [5.74, 6) is 5.20. The van der Waals surface area contributed by atoms with E-state index in [-0.39, 0.29) is 22.4 Å². The van der Waals surface area contributed by atoms with Crippen LogP contribution < -0.4 is 17.0 Å². The van der Waals surface area contributed by atoms with E-state index >= 15 is 0 Å². The number of pyridine rings is 1. The topological polar surface area (TPSA) is 89.3 Å². The van der Waals surface area contributed by atoms with Crippen LogP contribution in [0.1, 0.15) is 5.56 Å². The number of halogens is 2. The molecule has 2 aromatic rings. The monoisotopic (exact) mass is 279 g/mol. The number of amidine groups is 1. The van der Waals surface area contributed by atoms with Gasteiger partial charge in [0.25, 0.3) is 0 Å². The van der Waals surface area contributed by atoms with Crippen molar-refractivity contribution in [2.45, 2.75) is 0 Å². The van der Waals surface area contributed by atoms with E-state index in [2.05, 4.69) is 15.4 Å². The van der Waals surface area contributed by atoms with Crippen LogP contribution in [0.15, 0.2) is 41.5 Å². The van der Waals surface area contributed by atoms with Crippen molar-refractivity contribution in [2.24, 2.45) is 10.8 Å². The molecule has 5 N–H and O–H groups in total. The standard InChI is InChI=1S/C12H11ClFN5/c13-8-4-1-5-9(10(8)14)18-12(19-16)7-3-2-6-17-11(7)15/h1-6H,16H2,(H2,15,17)(H,18,19). The van der Waals surface area contributed by atoms with Crippen molar-refractivity contribution in [1.82, 2.24) is 10.4 Å². The first-order valence-electron chi connectivity index (χ1n) is 5.33. The van der Waals surface area contributed by atoms with Crippen molar-refractivity contribution >= 4 is 28.9 Å². The molecule has 0 spiro atoms. The van der Waals surface area contributed by atoms with E-state index in [0.717, 1.165) is 0 Å². The SMILES string of the molecule is NNC(=Nc1cccc(Cl)c1F)c1cccnc1N. The highest BCUT2D eigenvalue weighted by Crippen LogP contribution is 2.25. The normalized spacial score (nSPS) is 11.4. The molecule has 0 amide bonds. The average molecular weight is 280 g/mol. The Kier molecular flexibility index (Phi) is 3.94. The molecule has 0 saturated carbocycles. The minimum absolute atomic E-state index is 0.0169. The molecule has 0 unspecified atom stereocenters. The fourth-order valence-corrected chi connectivity index (χ4v) is 1.66. The van der Waals surface area contributed by atoms with Gasteiger partial charge in [-0.2, -0.15) is 0 Å². The Morgan fingerprint density at radius 3 is 2.79 bits per heavy atom. The number of nitrogen functional groups attached to an aromatic ring is 1. The van der Waals surface area contributed by atoms with Gasteiger partial charge in [-0.05, 0) is 24.3 Å². The predicted molar refractivity (Wildman–Crippen MR) is 73.6 cm³/mol. The van der Waals surface area contributed by atoms with Crippen LogP contribution in [0.5, 0.6) is 0 Å². The second kappa shape index (κ2) is 5.64. The number of nitrogens with two attached hydrogens (primary N) is 2. The highest BCUT2D eigenvalue weighted by molar-refractivity contribution is 6.31. The van der Waals surface area contributed by atoms with Gasteiger partial charge in [0, 0.05) is 6.20 Å². The summed E-state index contributed by atoms with van der Waals surface area (Å²) < 4.78 is 13.8. The van der Waals surface area contributed by atoms with Crippen molar-refractivity contribution in [3.05, 3.63) is 52.9 Å². The highest BCUT2D eigenvalue weighted by Gasteiger charge is 2.10. The lowest BCUT2D eigenvalue weighted by Gasteiger charge is -2.08. The molecule has 0 saturated heterocycles. The van der Waals surface area contributed by atoms with Crippen molar-refractivity contribution in [3.8, 4) is 0 Å². The molecule has 0 aliphatic rings. The molecule has 1 aromatic carbocycles. The van der Waals surface area contributed by atoms with Crippen molar-refractivity contribution in [3.63, 3.8) is 0 Å². The number of hydrogen-bond donors (Lipinski definition) is 3. The molecule has 0 fully saturated rings. The van der Waals surface area contributed by atoms with E-state index in [1.54, 1.807) is 18.2 Å². The number of rotatable bonds is 2. The largest absolute Gasteiger partial charge is 0.383 e. The molecule has 0 aliphatic heterocycles. The molecule has 0 bridgehead atoms. The molecule has 1 heterocycles. The van der Waals surface area contributed by atoms with Crippen LogP contribution in [0.4, 0.5) is 15.9 Å². The molecule has 98 valence electrons. The van der Waals surface area contributed by atoms with Crippen molar-refractivity contribution in [2.75, 3.05) is 5.73 Å². The third kappa shape index (κ3) is 2.81. The summed E-state index contributed by atoms with van der Waals surface area (Å²) in [5.41, 5.74) is 8.62. The Hall–Kier alpha value is -2.18. The van der Waals surface area contributed by atoms with Gasteiger partial charge in [0.05, 0.1) is 10.6 Å². The van der Waals surface area contributed by atoms with Gasteiger partial charge in [0.2, 0.25) is 0 Å². The van der Waals surface area contributed by atoms with Gasteiger partial charge in [-0.1, -0.05) is 17.7 Å². The van der Waals surface area contributed by atoms with Gasteiger partial charge in [-0.25, -0.2) is 20.2 Å². The first-order valence-corrected chi connectivity index (χ1v) is 5.71. The van der Waals surface area contributed by atoms with Gasteiger partial charge >= 0.3 is 0 Å². The summed E-state index contributed by atoms with van der Waals surface area (Å²) in [4.78, 5) is 7.98. The van der Waals surface area contributed by atoms with E-state index in [1.165, 1.54) is 18.3 Å². The van der Waals surface area contributed by atoms with Crippen LogP contribution in [-0.2, 0) is 0 Å². The molecule has 7 heteroatoms. The first kappa shape index (κ1) is 13.3. The summed E-state index contributed by atoms with van der Waals surface area (Å²) in [6, 6.07) is 7.84. The molecule has 19 heavy (non-hydrogen) atoms. The molecular weight excluding hydrogens is 269 g/mol. The Bertz CT molecular complexity index is 629. The van der Waals surface area contributed by atoms with Gasteiger partial charge in [0.1, 0.15) is 11.5 Å².